The number of ether oxygens (including phenoxy) is 2. The highest BCUT2D eigenvalue weighted by Gasteiger charge is 2.28. The van der Waals surface area contributed by atoms with E-state index in [4.69, 9.17) is 14.0 Å². The normalized spacial score (nSPS) is 26.3. The van der Waals surface area contributed by atoms with E-state index >= 15 is 0 Å². The Labute approximate surface area is 115 Å². The lowest BCUT2D eigenvalue weighted by atomic mass is 9.98. The first-order valence-corrected chi connectivity index (χ1v) is 8.17. The molecule has 0 aliphatic carbocycles. The quantitative estimate of drug-likeness (QED) is 0.690. The van der Waals surface area contributed by atoms with Gasteiger partial charge < -0.3 is 9.47 Å². The van der Waals surface area contributed by atoms with Gasteiger partial charge in [-0.2, -0.15) is 8.42 Å². The van der Waals surface area contributed by atoms with Crippen molar-refractivity contribution in [1.82, 2.24) is 0 Å². The van der Waals surface area contributed by atoms with Crippen molar-refractivity contribution in [3.05, 3.63) is 0 Å². The molecular weight excluding hydrogens is 272 g/mol. The summed E-state index contributed by atoms with van der Waals surface area (Å²) in [5, 5.41) is 0. The van der Waals surface area contributed by atoms with Crippen LogP contribution in [0.25, 0.3) is 0 Å². The molecule has 6 nitrogen and oxygen atoms in total. The molecule has 1 heterocycles. The molecule has 1 rings (SSSR count). The molecule has 114 valence electrons. The zero-order valence-electron chi connectivity index (χ0n) is 11.6. The average Bonchev–Trinajstić information content (AvgIpc) is 2.38. The largest absolute Gasteiger partial charge is 0.397 e. The number of rotatable bonds is 8. The summed E-state index contributed by atoms with van der Waals surface area (Å²) >= 11 is 0. The van der Waals surface area contributed by atoms with Gasteiger partial charge in [0.25, 0.3) is 0 Å². The van der Waals surface area contributed by atoms with Crippen LogP contribution in [0.4, 0.5) is 0 Å². The molecule has 1 unspecified atom stereocenters. The third-order valence-electron chi connectivity index (χ3n) is 3.28. The molecule has 1 fully saturated rings. The molecule has 1 N–H and O–H groups in total. The average molecular weight is 296 g/mol. The topological polar surface area (TPSA) is 82.1 Å². The van der Waals surface area contributed by atoms with Crippen molar-refractivity contribution in [3.63, 3.8) is 0 Å². The van der Waals surface area contributed by atoms with Gasteiger partial charge in [-0.3, -0.25) is 4.55 Å². The predicted molar refractivity (Wildman–Crippen MR) is 70.0 cm³/mol. The maximum absolute atomic E-state index is 10.5. The van der Waals surface area contributed by atoms with Crippen molar-refractivity contribution in [1.29, 1.82) is 0 Å². The van der Waals surface area contributed by atoms with Crippen molar-refractivity contribution < 1.29 is 26.6 Å². The van der Waals surface area contributed by atoms with Gasteiger partial charge in [0.05, 0.1) is 19.8 Å². The van der Waals surface area contributed by atoms with E-state index < -0.39 is 10.4 Å². The van der Waals surface area contributed by atoms with Gasteiger partial charge in [0.1, 0.15) is 0 Å². The van der Waals surface area contributed by atoms with E-state index in [1.54, 1.807) is 0 Å². The Morgan fingerprint density at radius 3 is 2.42 bits per heavy atom. The van der Waals surface area contributed by atoms with Gasteiger partial charge in [0.15, 0.2) is 6.29 Å². The molecule has 0 amide bonds. The van der Waals surface area contributed by atoms with Crippen molar-refractivity contribution in [2.24, 2.45) is 11.8 Å². The molecule has 0 aromatic carbocycles. The first-order valence-electron chi connectivity index (χ1n) is 6.81. The fourth-order valence-electron chi connectivity index (χ4n) is 2.11. The van der Waals surface area contributed by atoms with Crippen LogP contribution >= 0.6 is 0 Å². The van der Waals surface area contributed by atoms with Gasteiger partial charge in [-0.25, -0.2) is 4.18 Å². The zero-order chi connectivity index (χ0) is 14.3. The minimum absolute atomic E-state index is 0.114. The maximum atomic E-state index is 10.5. The second-order valence-electron chi connectivity index (χ2n) is 4.92. The highest BCUT2D eigenvalue weighted by Crippen LogP contribution is 2.24. The monoisotopic (exact) mass is 296 g/mol. The Hall–Kier alpha value is -0.210. The molecule has 0 aromatic rings. The van der Waals surface area contributed by atoms with Crippen LogP contribution in [-0.4, -0.2) is 39.1 Å². The molecular formula is C12H24O6S. The van der Waals surface area contributed by atoms with Crippen LogP contribution in [0.15, 0.2) is 0 Å². The summed E-state index contributed by atoms with van der Waals surface area (Å²) in [6.07, 6.45) is 4.16. The SMILES string of the molecule is CCCCC(CC)C1OCC(COS(=O)(=O)O)CO1. The summed E-state index contributed by atoms with van der Waals surface area (Å²) in [6.45, 7) is 4.93. The molecule has 1 aliphatic rings. The molecule has 0 bridgehead atoms. The van der Waals surface area contributed by atoms with E-state index in [-0.39, 0.29) is 18.8 Å². The summed E-state index contributed by atoms with van der Waals surface area (Å²) in [5.74, 6) is 0.213. The van der Waals surface area contributed by atoms with Crippen LogP contribution < -0.4 is 0 Å². The summed E-state index contributed by atoms with van der Waals surface area (Å²) in [5.41, 5.74) is 0. The lowest BCUT2D eigenvalue weighted by molar-refractivity contribution is -0.228. The van der Waals surface area contributed by atoms with Gasteiger partial charge in [-0.05, 0) is 12.8 Å². The number of hydrogen-bond acceptors (Lipinski definition) is 5. The van der Waals surface area contributed by atoms with Crippen LogP contribution in [0.1, 0.15) is 39.5 Å². The third-order valence-corrected chi connectivity index (χ3v) is 3.72. The zero-order valence-corrected chi connectivity index (χ0v) is 12.4. The van der Waals surface area contributed by atoms with Crippen molar-refractivity contribution in [2.45, 2.75) is 45.8 Å². The Morgan fingerprint density at radius 2 is 1.95 bits per heavy atom. The molecule has 1 atom stereocenters. The third kappa shape index (κ3) is 6.67. The van der Waals surface area contributed by atoms with Gasteiger partial charge >= 0.3 is 10.4 Å². The fraction of sp³-hybridized carbons (Fsp3) is 1.00. The second-order valence-corrected chi connectivity index (χ2v) is 6.02. The van der Waals surface area contributed by atoms with Gasteiger partial charge in [-0.15, -0.1) is 0 Å². The van der Waals surface area contributed by atoms with Crippen LogP contribution in [0.3, 0.4) is 0 Å². The summed E-state index contributed by atoms with van der Waals surface area (Å²) < 4.78 is 45.0. The Balaban J connectivity index is 2.31. The fourth-order valence-corrected chi connectivity index (χ4v) is 2.47. The smallest absolute Gasteiger partial charge is 0.352 e. The molecule has 7 heteroatoms. The lowest BCUT2D eigenvalue weighted by Crippen LogP contribution is -2.38. The summed E-state index contributed by atoms with van der Waals surface area (Å²) in [7, 11) is -4.38. The van der Waals surface area contributed by atoms with E-state index in [0.29, 0.717) is 19.1 Å². The first kappa shape index (κ1) is 16.8. The number of hydrogen-bond donors (Lipinski definition) is 1. The first-order chi connectivity index (χ1) is 8.96. The van der Waals surface area contributed by atoms with Crippen molar-refractivity contribution in [2.75, 3.05) is 19.8 Å². The summed E-state index contributed by atoms with van der Waals surface area (Å²) in [6, 6.07) is 0. The highest BCUT2D eigenvalue weighted by atomic mass is 32.3. The Kier molecular flexibility index (Phi) is 7.23. The van der Waals surface area contributed by atoms with Gasteiger partial charge in [-0.1, -0.05) is 26.7 Å². The second kappa shape index (κ2) is 8.16. The minimum atomic E-state index is -4.38. The Bertz CT molecular complexity index is 334. The summed E-state index contributed by atoms with van der Waals surface area (Å²) in [4.78, 5) is 0. The molecule has 1 saturated heterocycles. The van der Waals surface area contributed by atoms with Crippen LogP contribution in [0, 0.1) is 11.8 Å². The molecule has 0 aromatic heterocycles. The molecule has 0 spiro atoms. The van der Waals surface area contributed by atoms with E-state index in [2.05, 4.69) is 18.0 Å². The maximum Gasteiger partial charge on any atom is 0.397 e. The minimum Gasteiger partial charge on any atom is -0.352 e. The lowest BCUT2D eigenvalue weighted by Gasteiger charge is -2.33. The van der Waals surface area contributed by atoms with E-state index in [9.17, 15) is 8.42 Å². The van der Waals surface area contributed by atoms with Crippen LogP contribution in [0.2, 0.25) is 0 Å². The number of unbranched alkanes of at least 4 members (excludes halogenated alkanes) is 1. The standard InChI is InChI=1S/C12H24O6S/c1-3-5-6-11(4-2)12-16-7-10(8-17-12)9-18-19(13,14)15/h10-12H,3-9H2,1-2H3,(H,13,14,15). The van der Waals surface area contributed by atoms with E-state index in [1.165, 1.54) is 0 Å². The van der Waals surface area contributed by atoms with Crippen molar-refractivity contribution in [3.8, 4) is 0 Å². The van der Waals surface area contributed by atoms with Gasteiger partial charge in [0, 0.05) is 11.8 Å². The highest BCUT2D eigenvalue weighted by molar-refractivity contribution is 7.80. The van der Waals surface area contributed by atoms with E-state index in [0.717, 1.165) is 25.7 Å². The van der Waals surface area contributed by atoms with Crippen molar-refractivity contribution >= 4 is 10.4 Å². The van der Waals surface area contributed by atoms with Gasteiger partial charge in [0.2, 0.25) is 0 Å². The molecule has 19 heavy (non-hydrogen) atoms. The van der Waals surface area contributed by atoms with Crippen LogP contribution in [0.5, 0.6) is 0 Å². The molecule has 1 aliphatic heterocycles. The van der Waals surface area contributed by atoms with E-state index in [1.807, 2.05) is 0 Å². The van der Waals surface area contributed by atoms with Crippen LogP contribution in [-0.2, 0) is 24.1 Å². The predicted octanol–water partition coefficient (Wildman–Crippen LogP) is 2.01. The molecule has 0 radical (unpaired) electrons. The molecule has 0 saturated carbocycles. The Morgan fingerprint density at radius 1 is 1.32 bits per heavy atom.